The number of hydrogen-bond acceptors (Lipinski definition) is 7. The van der Waals surface area contributed by atoms with Crippen molar-refractivity contribution in [2.75, 3.05) is 37.7 Å². The summed E-state index contributed by atoms with van der Waals surface area (Å²) in [5, 5.41) is 8.71. The van der Waals surface area contributed by atoms with E-state index in [4.69, 9.17) is 26.3 Å². The molecule has 0 radical (unpaired) electrons. The number of anilines is 1. The zero-order valence-electron chi connectivity index (χ0n) is 21.2. The molecule has 1 aliphatic carbocycles. The zero-order chi connectivity index (χ0) is 29.1. The van der Waals surface area contributed by atoms with Crippen molar-refractivity contribution in [2.45, 2.75) is 55.6 Å². The van der Waals surface area contributed by atoms with Gasteiger partial charge in [0, 0.05) is 32.4 Å². The maximum Gasteiger partial charge on any atom is 0.417 e. The monoisotopic (exact) mass is 608 g/mol. The van der Waals surface area contributed by atoms with Gasteiger partial charge in [-0.3, -0.25) is 4.90 Å². The summed E-state index contributed by atoms with van der Waals surface area (Å²) in [5.74, 6) is 0.397. The van der Waals surface area contributed by atoms with Crippen molar-refractivity contribution in [3.05, 3.63) is 52.2 Å². The predicted octanol–water partition coefficient (Wildman–Crippen LogP) is 6.43. The lowest BCUT2D eigenvalue weighted by Gasteiger charge is -2.39. The summed E-state index contributed by atoms with van der Waals surface area (Å²) < 4.78 is 90.1. The van der Waals surface area contributed by atoms with Crippen LogP contribution in [0.2, 0.25) is 5.02 Å². The molecule has 40 heavy (non-hydrogen) atoms. The summed E-state index contributed by atoms with van der Waals surface area (Å²) in [6.07, 6.45) is -6.06. The fourth-order valence-electron chi connectivity index (χ4n) is 4.82. The lowest BCUT2D eigenvalue weighted by atomic mass is 9.95. The Labute approximate surface area is 238 Å². The van der Waals surface area contributed by atoms with Crippen molar-refractivity contribution in [3.63, 3.8) is 0 Å². The summed E-state index contributed by atoms with van der Waals surface area (Å²) >= 11 is 10.7. The number of pyridine rings is 1. The molecule has 0 amide bonds. The second-order valence-corrected chi connectivity index (χ2v) is 10.7. The summed E-state index contributed by atoms with van der Waals surface area (Å²) in [4.78, 5) is 7.88. The molecule has 1 unspecified atom stereocenters. The third-order valence-corrected chi connectivity index (χ3v) is 7.76. The van der Waals surface area contributed by atoms with Crippen LogP contribution in [0.4, 0.5) is 32.2 Å². The molecule has 2 heterocycles. The van der Waals surface area contributed by atoms with Crippen molar-refractivity contribution in [3.8, 4) is 11.8 Å². The molecule has 1 saturated heterocycles. The molecule has 1 aliphatic heterocycles. The molecule has 1 atom stereocenters. The number of nitriles is 1. The number of ether oxygens (including phenoxy) is 2. The SMILES string of the molecule is N#Cc1ccc(OC2CCC(OCC(S)N3CCN(c4ncc(C(F)(F)F)cc4Cl)CC3)CC2)cc1C(F)(F)F. The second kappa shape index (κ2) is 12.6. The minimum atomic E-state index is -4.64. The van der Waals surface area contributed by atoms with E-state index in [1.54, 1.807) is 6.07 Å². The number of thiol groups is 1. The molecule has 218 valence electrons. The first-order valence-corrected chi connectivity index (χ1v) is 13.5. The van der Waals surface area contributed by atoms with Crippen LogP contribution in [0.25, 0.3) is 0 Å². The van der Waals surface area contributed by atoms with Crippen LogP contribution in [0.15, 0.2) is 30.5 Å². The molecular formula is C26H27ClF6N4O2S. The molecule has 4 rings (SSSR count). The van der Waals surface area contributed by atoms with Crippen molar-refractivity contribution in [1.29, 1.82) is 5.26 Å². The summed E-state index contributed by atoms with van der Waals surface area (Å²) in [6.45, 7) is 2.60. The average molecular weight is 609 g/mol. The summed E-state index contributed by atoms with van der Waals surface area (Å²) in [6, 6.07) is 5.81. The van der Waals surface area contributed by atoms with Crippen LogP contribution in [-0.4, -0.2) is 60.3 Å². The van der Waals surface area contributed by atoms with Crippen LogP contribution in [0.5, 0.6) is 5.75 Å². The quantitative estimate of drug-likeness (QED) is 0.289. The van der Waals surface area contributed by atoms with Gasteiger partial charge in [-0.2, -0.15) is 44.2 Å². The normalized spacial score (nSPS) is 21.6. The average Bonchev–Trinajstić information content (AvgIpc) is 2.91. The van der Waals surface area contributed by atoms with E-state index in [2.05, 4.69) is 22.5 Å². The number of rotatable bonds is 7. The number of nitrogens with zero attached hydrogens (tertiary/aromatic N) is 4. The second-order valence-electron chi connectivity index (χ2n) is 9.70. The number of piperazine rings is 1. The van der Waals surface area contributed by atoms with Gasteiger partial charge < -0.3 is 14.4 Å². The third-order valence-electron chi connectivity index (χ3n) is 7.01. The van der Waals surface area contributed by atoms with Crippen molar-refractivity contribution < 1.29 is 35.8 Å². The first kappa shape index (κ1) is 30.6. The number of aromatic nitrogens is 1. The number of halogens is 7. The highest BCUT2D eigenvalue weighted by molar-refractivity contribution is 7.80. The largest absolute Gasteiger partial charge is 0.490 e. The van der Waals surface area contributed by atoms with Crippen molar-refractivity contribution in [2.24, 2.45) is 0 Å². The lowest BCUT2D eigenvalue weighted by Crippen LogP contribution is -2.50. The van der Waals surface area contributed by atoms with Crippen LogP contribution >= 0.6 is 24.2 Å². The molecule has 14 heteroatoms. The van der Waals surface area contributed by atoms with E-state index < -0.39 is 29.0 Å². The molecule has 1 aromatic heterocycles. The Morgan fingerprint density at radius 3 is 2.23 bits per heavy atom. The van der Waals surface area contributed by atoms with Gasteiger partial charge in [-0.15, -0.1) is 0 Å². The molecule has 0 spiro atoms. The summed E-state index contributed by atoms with van der Waals surface area (Å²) in [5.41, 5.74) is -2.35. The highest BCUT2D eigenvalue weighted by Crippen LogP contribution is 2.36. The van der Waals surface area contributed by atoms with E-state index in [-0.39, 0.29) is 28.4 Å². The fourth-order valence-corrected chi connectivity index (χ4v) is 5.42. The molecular weight excluding hydrogens is 582 g/mol. The molecule has 2 aromatic rings. The van der Waals surface area contributed by atoms with Gasteiger partial charge in [-0.05, 0) is 49.9 Å². The van der Waals surface area contributed by atoms with Gasteiger partial charge in [-0.25, -0.2) is 4.98 Å². The van der Waals surface area contributed by atoms with E-state index in [1.807, 2.05) is 4.90 Å². The standard InChI is InChI=1S/C26H27ClF6N4O2S/c27-22-11-17(25(28,29)30)14-35-24(22)37-9-7-36(8-10-37)23(40)15-38-18-3-5-19(6-4-18)39-20-2-1-16(13-34)21(12-20)26(31,32)33/h1-2,11-12,14,18-19,23,40H,3-10,15H2. The smallest absolute Gasteiger partial charge is 0.417 e. The van der Waals surface area contributed by atoms with Gasteiger partial charge in [0.1, 0.15) is 11.6 Å². The van der Waals surface area contributed by atoms with Crippen LogP contribution in [0, 0.1) is 11.3 Å². The minimum absolute atomic E-state index is 0.0300. The molecule has 1 saturated carbocycles. The Balaban J connectivity index is 1.20. The molecule has 1 aromatic carbocycles. The van der Waals surface area contributed by atoms with Gasteiger partial charge in [0.05, 0.1) is 52.0 Å². The minimum Gasteiger partial charge on any atom is -0.490 e. The Kier molecular flexibility index (Phi) is 9.65. The van der Waals surface area contributed by atoms with Gasteiger partial charge in [0.2, 0.25) is 0 Å². The Hall–Kier alpha value is -2.40. The number of alkyl halides is 6. The lowest BCUT2D eigenvalue weighted by molar-refractivity contribution is -0.138. The van der Waals surface area contributed by atoms with Crippen LogP contribution in [0.1, 0.15) is 42.4 Å². The maximum absolute atomic E-state index is 13.2. The molecule has 6 nitrogen and oxygen atoms in total. The van der Waals surface area contributed by atoms with Crippen LogP contribution in [0.3, 0.4) is 0 Å². The topological polar surface area (TPSA) is 61.6 Å². The third kappa shape index (κ3) is 7.66. The highest BCUT2D eigenvalue weighted by Gasteiger charge is 2.35. The van der Waals surface area contributed by atoms with Gasteiger partial charge in [0.25, 0.3) is 0 Å². The number of benzene rings is 1. The van der Waals surface area contributed by atoms with E-state index in [9.17, 15) is 26.3 Å². The van der Waals surface area contributed by atoms with Crippen molar-refractivity contribution >= 4 is 30.0 Å². The van der Waals surface area contributed by atoms with E-state index in [0.29, 0.717) is 64.3 Å². The number of hydrogen-bond donors (Lipinski definition) is 1. The predicted molar refractivity (Wildman–Crippen MR) is 140 cm³/mol. The Morgan fingerprint density at radius 2 is 1.65 bits per heavy atom. The maximum atomic E-state index is 13.2. The summed E-state index contributed by atoms with van der Waals surface area (Å²) in [7, 11) is 0. The van der Waals surface area contributed by atoms with Crippen molar-refractivity contribution in [1.82, 2.24) is 9.88 Å². The molecule has 0 bridgehead atoms. The van der Waals surface area contributed by atoms with E-state index in [1.165, 1.54) is 6.07 Å². The van der Waals surface area contributed by atoms with Crippen LogP contribution < -0.4 is 9.64 Å². The first-order valence-electron chi connectivity index (χ1n) is 12.6. The molecule has 2 aliphatic rings. The highest BCUT2D eigenvalue weighted by atomic mass is 35.5. The fraction of sp³-hybridized carbons (Fsp3) is 0.538. The van der Waals surface area contributed by atoms with Gasteiger partial charge >= 0.3 is 12.4 Å². The molecule has 2 fully saturated rings. The first-order chi connectivity index (χ1) is 18.8. The van der Waals surface area contributed by atoms with Crippen LogP contribution in [-0.2, 0) is 17.1 Å². The Morgan fingerprint density at radius 1 is 1.00 bits per heavy atom. The van der Waals surface area contributed by atoms with Gasteiger partial charge in [0.15, 0.2) is 0 Å². The van der Waals surface area contributed by atoms with Gasteiger partial charge in [-0.1, -0.05) is 11.6 Å². The Bertz CT molecular complexity index is 1210. The zero-order valence-corrected chi connectivity index (χ0v) is 22.8. The molecule has 0 N–H and O–H groups in total. The van der Waals surface area contributed by atoms with E-state index in [0.717, 1.165) is 24.4 Å². The van der Waals surface area contributed by atoms with E-state index >= 15 is 0 Å².